The number of rotatable bonds is 7. The van der Waals surface area contributed by atoms with Gasteiger partial charge in [-0.2, -0.15) is 11.3 Å². The topological polar surface area (TPSA) is 47.6 Å². The second-order valence-corrected chi connectivity index (χ2v) is 3.70. The maximum atomic E-state index is 11.3. The molecule has 0 radical (unpaired) electrons. The van der Waals surface area contributed by atoms with E-state index in [0.29, 0.717) is 26.2 Å². The Morgan fingerprint density at radius 1 is 1.47 bits per heavy atom. The van der Waals surface area contributed by atoms with Gasteiger partial charge in [-0.1, -0.05) is 0 Å². The van der Waals surface area contributed by atoms with Gasteiger partial charge in [0.05, 0.1) is 31.9 Å². The Kier molecular flexibility index (Phi) is 5.99. The SMILES string of the molecule is COCCOCCC(=O)Nc1ccsc1. The van der Waals surface area contributed by atoms with Crippen LogP contribution in [0.1, 0.15) is 6.42 Å². The second-order valence-electron chi connectivity index (χ2n) is 2.92. The number of hydrogen-bond acceptors (Lipinski definition) is 4. The van der Waals surface area contributed by atoms with Crippen LogP contribution in [0.15, 0.2) is 16.8 Å². The fourth-order valence-corrected chi connectivity index (χ4v) is 1.56. The van der Waals surface area contributed by atoms with Crippen molar-refractivity contribution in [2.75, 3.05) is 32.2 Å². The van der Waals surface area contributed by atoms with E-state index in [9.17, 15) is 4.79 Å². The van der Waals surface area contributed by atoms with Gasteiger partial charge in [-0.15, -0.1) is 0 Å². The first-order chi connectivity index (χ1) is 7.33. The van der Waals surface area contributed by atoms with Crippen molar-refractivity contribution in [3.63, 3.8) is 0 Å². The molecule has 0 fully saturated rings. The molecule has 0 saturated carbocycles. The maximum absolute atomic E-state index is 11.3. The summed E-state index contributed by atoms with van der Waals surface area (Å²) < 4.78 is 9.99. The molecule has 0 aliphatic heterocycles. The van der Waals surface area contributed by atoms with E-state index in [-0.39, 0.29) is 5.91 Å². The van der Waals surface area contributed by atoms with E-state index < -0.39 is 0 Å². The zero-order chi connectivity index (χ0) is 10.9. The fourth-order valence-electron chi connectivity index (χ4n) is 0.968. The van der Waals surface area contributed by atoms with Gasteiger partial charge in [0.25, 0.3) is 0 Å². The van der Waals surface area contributed by atoms with Crippen LogP contribution >= 0.6 is 11.3 Å². The van der Waals surface area contributed by atoms with Crippen LogP contribution in [0.5, 0.6) is 0 Å². The Morgan fingerprint density at radius 3 is 3.00 bits per heavy atom. The number of nitrogens with one attached hydrogen (secondary N) is 1. The van der Waals surface area contributed by atoms with Crippen LogP contribution in [0.2, 0.25) is 0 Å². The number of methoxy groups -OCH3 is 1. The minimum atomic E-state index is -0.0224. The Balaban J connectivity index is 2.04. The highest BCUT2D eigenvalue weighted by atomic mass is 32.1. The predicted octanol–water partition coefficient (Wildman–Crippen LogP) is 1.74. The molecule has 0 spiro atoms. The highest BCUT2D eigenvalue weighted by molar-refractivity contribution is 7.08. The summed E-state index contributed by atoms with van der Waals surface area (Å²) in [7, 11) is 1.62. The van der Waals surface area contributed by atoms with Crippen molar-refractivity contribution < 1.29 is 14.3 Å². The molecule has 1 aromatic heterocycles. The van der Waals surface area contributed by atoms with Gasteiger partial charge in [0.15, 0.2) is 0 Å². The van der Waals surface area contributed by atoms with Gasteiger partial charge >= 0.3 is 0 Å². The van der Waals surface area contributed by atoms with Gasteiger partial charge in [0, 0.05) is 12.5 Å². The first kappa shape index (κ1) is 12.2. The van der Waals surface area contributed by atoms with Crippen LogP contribution in [0, 0.1) is 0 Å². The lowest BCUT2D eigenvalue weighted by molar-refractivity contribution is -0.117. The first-order valence-corrected chi connectivity index (χ1v) is 5.66. The maximum Gasteiger partial charge on any atom is 0.226 e. The summed E-state index contributed by atoms with van der Waals surface area (Å²) in [6, 6.07) is 1.87. The minimum Gasteiger partial charge on any atom is -0.382 e. The van der Waals surface area contributed by atoms with Gasteiger partial charge in [0.2, 0.25) is 5.91 Å². The van der Waals surface area contributed by atoms with Crippen molar-refractivity contribution in [3.8, 4) is 0 Å². The lowest BCUT2D eigenvalue weighted by Crippen LogP contribution is -2.14. The molecule has 0 aromatic carbocycles. The highest BCUT2D eigenvalue weighted by Crippen LogP contribution is 2.11. The van der Waals surface area contributed by atoms with E-state index in [1.54, 1.807) is 18.4 Å². The van der Waals surface area contributed by atoms with Crippen LogP contribution in [-0.4, -0.2) is 32.8 Å². The average molecular weight is 229 g/mol. The van der Waals surface area contributed by atoms with E-state index >= 15 is 0 Å². The Labute approximate surface area is 93.2 Å². The van der Waals surface area contributed by atoms with Gasteiger partial charge in [-0.25, -0.2) is 0 Å². The van der Waals surface area contributed by atoms with Crippen LogP contribution in [0.25, 0.3) is 0 Å². The number of hydrogen-bond donors (Lipinski definition) is 1. The van der Waals surface area contributed by atoms with Crippen molar-refractivity contribution in [2.45, 2.75) is 6.42 Å². The summed E-state index contributed by atoms with van der Waals surface area (Å²) in [5.74, 6) is -0.0224. The fraction of sp³-hybridized carbons (Fsp3) is 0.500. The van der Waals surface area contributed by atoms with E-state index in [4.69, 9.17) is 9.47 Å². The zero-order valence-electron chi connectivity index (χ0n) is 8.69. The average Bonchev–Trinajstić information content (AvgIpc) is 2.70. The quantitative estimate of drug-likeness (QED) is 0.724. The number of thiophene rings is 1. The van der Waals surface area contributed by atoms with Crippen molar-refractivity contribution in [3.05, 3.63) is 16.8 Å². The third kappa shape index (κ3) is 5.51. The molecule has 1 amide bonds. The first-order valence-electron chi connectivity index (χ1n) is 4.71. The van der Waals surface area contributed by atoms with E-state index in [0.717, 1.165) is 5.69 Å². The van der Waals surface area contributed by atoms with Crippen molar-refractivity contribution in [1.29, 1.82) is 0 Å². The molecule has 0 aliphatic carbocycles. The molecule has 0 unspecified atom stereocenters. The number of ether oxygens (including phenoxy) is 2. The molecule has 0 aliphatic rings. The summed E-state index contributed by atoms with van der Waals surface area (Å²) in [4.78, 5) is 11.3. The third-order valence-electron chi connectivity index (χ3n) is 1.71. The largest absolute Gasteiger partial charge is 0.382 e. The summed E-state index contributed by atoms with van der Waals surface area (Å²) in [6.45, 7) is 1.52. The monoisotopic (exact) mass is 229 g/mol. The number of carbonyl (C=O) groups excluding carboxylic acids is 1. The van der Waals surface area contributed by atoms with E-state index in [1.165, 1.54) is 0 Å². The number of carbonyl (C=O) groups is 1. The van der Waals surface area contributed by atoms with Crippen LogP contribution in [0.4, 0.5) is 5.69 Å². The smallest absolute Gasteiger partial charge is 0.226 e. The molecule has 0 bridgehead atoms. The standard InChI is InChI=1S/C10H15NO3S/c1-13-5-6-14-4-2-10(12)11-9-3-7-15-8-9/h3,7-8H,2,4-6H2,1H3,(H,11,12). The lowest BCUT2D eigenvalue weighted by atomic mass is 10.4. The van der Waals surface area contributed by atoms with Crippen molar-refractivity contribution >= 4 is 22.9 Å². The molecule has 0 saturated heterocycles. The molecule has 0 atom stereocenters. The lowest BCUT2D eigenvalue weighted by Gasteiger charge is -2.04. The van der Waals surface area contributed by atoms with Crippen LogP contribution < -0.4 is 5.32 Å². The van der Waals surface area contributed by atoms with Crippen LogP contribution in [-0.2, 0) is 14.3 Å². The van der Waals surface area contributed by atoms with Gasteiger partial charge in [-0.3, -0.25) is 4.79 Å². The second kappa shape index (κ2) is 7.39. The Hall–Kier alpha value is -0.910. The molecule has 84 valence electrons. The van der Waals surface area contributed by atoms with Crippen molar-refractivity contribution in [1.82, 2.24) is 0 Å². The molecule has 1 N–H and O–H groups in total. The molecular formula is C10H15NO3S. The molecular weight excluding hydrogens is 214 g/mol. The Morgan fingerprint density at radius 2 is 2.33 bits per heavy atom. The van der Waals surface area contributed by atoms with E-state index in [2.05, 4.69) is 5.32 Å². The highest BCUT2D eigenvalue weighted by Gasteiger charge is 2.01. The van der Waals surface area contributed by atoms with Crippen molar-refractivity contribution in [2.24, 2.45) is 0 Å². The normalized spacial score (nSPS) is 10.2. The number of anilines is 1. The summed E-state index contributed by atoms with van der Waals surface area (Å²) >= 11 is 1.55. The predicted molar refractivity (Wildman–Crippen MR) is 60.3 cm³/mol. The summed E-state index contributed by atoms with van der Waals surface area (Å²) in [6.07, 6.45) is 0.375. The molecule has 5 heteroatoms. The van der Waals surface area contributed by atoms with E-state index in [1.807, 2.05) is 16.8 Å². The molecule has 15 heavy (non-hydrogen) atoms. The number of amides is 1. The zero-order valence-corrected chi connectivity index (χ0v) is 9.51. The van der Waals surface area contributed by atoms with Gasteiger partial charge < -0.3 is 14.8 Å². The minimum absolute atomic E-state index is 0.0224. The van der Waals surface area contributed by atoms with Crippen LogP contribution in [0.3, 0.4) is 0 Å². The molecule has 1 aromatic rings. The Bertz CT molecular complexity index is 274. The molecule has 1 heterocycles. The molecule has 1 rings (SSSR count). The molecule has 4 nitrogen and oxygen atoms in total. The third-order valence-corrected chi connectivity index (χ3v) is 2.39. The summed E-state index contributed by atoms with van der Waals surface area (Å²) in [5.41, 5.74) is 0.849. The van der Waals surface area contributed by atoms with Gasteiger partial charge in [-0.05, 0) is 11.4 Å². The summed E-state index contributed by atoms with van der Waals surface area (Å²) in [5, 5.41) is 6.59. The van der Waals surface area contributed by atoms with Gasteiger partial charge in [0.1, 0.15) is 0 Å².